The Hall–Kier alpha value is -2.71. The minimum absolute atomic E-state index is 0.205. The monoisotopic (exact) mass is 399 g/mol. The maximum absolute atomic E-state index is 12.0. The zero-order chi connectivity index (χ0) is 19.1. The number of hydrogen-bond donors (Lipinski definition) is 1. The number of fused-ring (bicyclic) bond motifs is 1. The van der Waals surface area contributed by atoms with Crippen LogP contribution in [0.2, 0.25) is 0 Å². The van der Waals surface area contributed by atoms with Crippen LogP contribution in [0.3, 0.4) is 0 Å². The number of hydrazone groups is 1. The molecule has 3 aromatic rings. The highest BCUT2D eigenvalue weighted by Crippen LogP contribution is 2.28. The number of carbonyl (C=O) groups excluding carboxylic acids is 2. The van der Waals surface area contributed by atoms with Crippen LogP contribution in [0.15, 0.2) is 58.0 Å². The first kappa shape index (κ1) is 19.1. The second-order valence-corrected chi connectivity index (χ2v) is 7.59. The Morgan fingerprint density at radius 2 is 2.00 bits per heavy atom. The number of para-hydroxylation sites is 1. The number of hydrogen-bond acceptors (Lipinski definition) is 7. The van der Waals surface area contributed by atoms with E-state index in [2.05, 4.69) is 15.5 Å². The quantitative estimate of drug-likeness (QED) is 0.283. The minimum atomic E-state index is -0.419. The van der Waals surface area contributed by atoms with Gasteiger partial charge in [-0.25, -0.2) is 15.2 Å². The molecule has 0 radical (unpaired) electrons. The molecule has 1 amide bonds. The molecule has 27 heavy (non-hydrogen) atoms. The van der Waals surface area contributed by atoms with Crippen molar-refractivity contribution in [2.75, 3.05) is 12.4 Å². The van der Waals surface area contributed by atoms with Crippen molar-refractivity contribution >= 4 is 51.4 Å². The molecule has 1 heterocycles. The Morgan fingerprint density at radius 1 is 1.22 bits per heavy atom. The molecule has 0 atom stereocenters. The molecule has 0 saturated carbocycles. The van der Waals surface area contributed by atoms with E-state index in [1.165, 1.54) is 18.0 Å². The summed E-state index contributed by atoms with van der Waals surface area (Å²) >= 11 is 2.91. The third-order valence-electron chi connectivity index (χ3n) is 3.45. The lowest BCUT2D eigenvalue weighted by Crippen LogP contribution is -2.19. The summed E-state index contributed by atoms with van der Waals surface area (Å²) < 4.78 is 6.94. The highest BCUT2D eigenvalue weighted by atomic mass is 32.2. The van der Waals surface area contributed by atoms with Crippen molar-refractivity contribution in [3.8, 4) is 0 Å². The Bertz CT molecular complexity index is 952. The zero-order valence-electron chi connectivity index (χ0n) is 14.5. The average Bonchev–Trinajstić information content (AvgIpc) is 3.10. The van der Waals surface area contributed by atoms with Gasteiger partial charge in [0, 0.05) is 5.56 Å². The van der Waals surface area contributed by atoms with E-state index in [0.29, 0.717) is 17.7 Å². The van der Waals surface area contributed by atoms with Crippen LogP contribution >= 0.6 is 23.1 Å². The van der Waals surface area contributed by atoms with Gasteiger partial charge in [-0.05, 0) is 25.1 Å². The molecule has 0 fully saturated rings. The number of carbonyl (C=O) groups is 2. The Balaban J connectivity index is 1.55. The van der Waals surface area contributed by atoms with Crippen LogP contribution in [0.25, 0.3) is 10.2 Å². The molecule has 1 N–H and O–H groups in total. The van der Waals surface area contributed by atoms with Crippen LogP contribution in [0.1, 0.15) is 22.8 Å². The van der Waals surface area contributed by atoms with Gasteiger partial charge in [0.25, 0.3) is 5.91 Å². The fourth-order valence-corrected chi connectivity index (χ4v) is 4.11. The van der Waals surface area contributed by atoms with Crippen molar-refractivity contribution in [3.63, 3.8) is 0 Å². The fraction of sp³-hybridized carbons (Fsp3) is 0.158. The Morgan fingerprint density at radius 3 is 2.81 bits per heavy atom. The van der Waals surface area contributed by atoms with Crippen molar-refractivity contribution in [2.24, 2.45) is 5.10 Å². The highest BCUT2D eigenvalue weighted by molar-refractivity contribution is 8.01. The molecule has 0 aliphatic rings. The number of nitrogens with zero attached hydrogens (tertiary/aromatic N) is 2. The van der Waals surface area contributed by atoms with E-state index in [1.54, 1.807) is 42.5 Å². The van der Waals surface area contributed by atoms with Crippen molar-refractivity contribution in [3.05, 3.63) is 59.7 Å². The van der Waals surface area contributed by atoms with Crippen molar-refractivity contribution in [1.82, 2.24) is 10.4 Å². The zero-order valence-corrected chi connectivity index (χ0v) is 16.2. The standard InChI is InChI=1S/C19H17N3O3S2/c1-2-25-18(24)14-8-4-3-7-13(14)11-20-22-17(23)12-26-19-21-15-9-5-6-10-16(15)27-19/h3-11H,2,12H2,1H3,(H,22,23)/b20-11+. The molecule has 1 aromatic heterocycles. The molecule has 0 saturated heterocycles. The van der Waals surface area contributed by atoms with Gasteiger partial charge in [0.05, 0.1) is 34.4 Å². The number of aromatic nitrogens is 1. The van der Waals surface area contributed by atoms with Gasteiger partial charge >= 0.3 is 5.97 Å². The van der Waals surface area contributed by atoms with Crippen LogP contribution in [0, 0.1) is 0 Å². The summed E-state index contributed by atoms with van der Waals surface area (Å²) in [5.41, 5.74) is 4.38. The molecule has 8 heteroatoms. The number of ether oxygens (including phenoxy) is 1. The average molecular weight is 399 g/mol. The second kappa shape index (κ2) is 9.29. The van der Waals surface area contributed by atoms with Gasteiger partial charge in [0.15, 0.2) is 4.34 Å². The number of rotatable bonds is 7. The summed E-state index contributed by atoms with van der Waals surface area (Å²) in [4.78, 5) is 28.4. The lowest BCUT2D eigenvalue weighted by Gasteiger charge is -2.04. The number of esters is 1. The van der Waals surface area contributed by atoms with E-state index >= 15 is 0 Å². The summed E-state index contributed by atoms with van der Waals surface area (Å²) in [6, 6.07) is 14.8. The first-order valence-electron chi connectivity index (χ1n) is 8.24. The number of benzene rings is 2. The fourth-order valence-electron chi connectivity index (χ4n) is 2.25. The summed E-state index contributed by atoms with van der Waals surface area (Å²) in [7, 11) is 0. The third kappa shape index (κ3) is 5.15. The summed E-state index contributed by atoms with van der Waals surface area (Å²) in [5.74, 6) is -0.460. The summed E-state index contributed by atoms with van der Waals surface area (Å²) in [6.07, 6.45) is 1.44. The van der Waals surface area contributed by atoms with Crippen LogP contribution in [0.5, 0.6) is 0 Å². The predicted molar refractivity (Wildman–Crippen MR) is 108 cm³/mol. The first-order chi connectivity index (χ1) is 13.2. The van der Waals surface area contributed by atoms with E-state index in [1.807, 2.05) is 24.3 Å². The molecule has 0 unspecified atom stereocenters. The Kier molecular flexibility index (Phi) is 6.56. The van der Waals surface area contributed by atoms with Gasteiger partial charge in [-0.1, -0.05) is 42.1 Å². The molecule has 3 rings (SSSR count). The SMILES string of the molecule is CCOC(=O)c1ccccc1/C=N/NC(=O)CSc1nc2ccccc2s1. The first-order valence-corrected chi connectivity index (χ1v) is 10.0. The lowest BCUT2D eigenvalue weighted by molar-refractivity contribution is -0.118. The number of nitrogens with one attached hydrogen (secondary N) is 1. The molecule has 2 aromatic carbocycles. The number of thiazole rings is 1. The van der Waals surface area contributed by atoms with E-state index in [4.69, 9.17) is 4.74 Å². The molecule has 0 aliphatic heterocycles. The van der Waals surface area contributed by atoms with Crippen molar-refractivity contribution in [1.29, 1.82) is 0 Å². The van der Waals surface area contributed by atoms with Crippen LogP contribution < -0.4 is 5.43 Å². The van der Waals surface area contributed by atoms with Gasteiger partial charge in [0.2, 0.25) is 0 Å². The molecule has 0 aliphatic carbocycles. The van der Waals surface area contributed by atoms with Crippen molar-refractivity contribution in [2.45, 2.75) is 11.3 Å². The minimum Gasteiger partial charge on any atom is -0.462 e. The largest absolute Gasteiger partial charge is 0.462 e. The van der Waals surface area contributed by atoms with E-state index in [9.17, 15) is 9.59 Å². The molecular formula is C19H17N3O3S2. The van der Waals surface area contributed by atoms with Crippen molar-refractivity contribution < 1.29 is 14.3 Å². The maximum atomic E-state index is 12.0. The highest BCUT2D eigenvalue weighted by Gasteiger charge is 2.10. The van der Waals surface area contributed by atoms with Gasteiger partial charge in [0.1, 0.15) is 0 Å². The molecule has 0 spiro atoms. The smallest absolute Gasteiger partial charge is 0.338 e. The predicted octanol–water partition coefficient (Wildman–Crippen LogP) is 3.72. The van der Waals surface area contributed by atoms with E-state index < -0.39 is 5.97 Å². The van der Waals surface area contributed by atoms with Gasteiger partial charge < -0.3 is 4.74 Å². The van der Waals surface area contributed by atoms with Crippen LogP contribution in [0.4, 0.5) is 0 Å². The molecule has 138 valence electrons. The summed E-state index contributed by atoms with van der Waals surface area (Å²) in [5, 5.41) is 3.94. The van der Waals surface area contributed by atoms with Crippen LogP contribution in [-0.2, 0) is 9.53 Å². The maximum Gasteiger partial charge on any atom is 0.338 e. The molecular weight excluding hydrogens is 382 g/mol. The van der Waals surface area contributed by atoms with E-state index in [-0.39, 0.29) is 11.7 Å². The van der Waals surface area contributed by atoms with Crippen LogP contribution in [-0.4, -0.2) is 35.4 Å². The number of amides is 1. The van der Waals surface area contributed by atoms with E-state index in [0.717, 1.165) is 14.6 Å². The Labute approximate surface area is 164 Å². The molecule has 6 nitrogen and oxygen atoms in total. The second-order valence-electron chi connectivity index (χ2n) is 5.34. The topological polar surface area (TPSA) is 80.6 Å². The van der Waals surface area contributed by atoms with Gasteiger partial charge in [-0.15, -0.1) is 11.3 Å². The lowest BCUT2D eigenvalue weighted by atomic mass is 10.1. The normalized spacial score (nSPS) is 11.0. The third-order valence-corrected chi connectivity index (χ3v) is 5.63. The van der Waals surface area contributed by atoms with Gasteiger partial charge in [-0.3, -0.25) is 4.79 Å². The van der Waals surface area contributed by atoms with Gasteiger partial charge in [-0.2, -0.15) is 5.10 Å². The molecule has 0 bridgehead atoms. The summed E-state index contributed by atoms with van der Waals surface area (Å²) in [6.45, 7) is 2.04. The number of thioether (sulfide) groups is 1.